The number of carbonyl (C=O) groups excluding carboxylic acids is 1. The number of carbonyl (C=O) groups is 1. The number of nitrogens with two attached hydrogens (primary N) is 1. The Balaban J connectivity index is 3.93. The summed E-state index contributed by atoms with van der Waals surface area (Å²) in [4.78, 5) is 11.6. The second-order valence-corrected chi connectivity index (χ2v) is 5.00. The van der Waals surface area contributed by atoms with E-state index >= 15 is 0 Å². The molecule has 0 spiro atoms. The van der Waals surface area contributed by atoms with E-state index in [9.17, 15) is 4.79 Å². The van der Waals surface area contributed by atoms with Crippen molar-refractivity contribution in [3.8, 4) is 0 Å². The summed E-state index contributed by atoms with van der Waals surface area (Å²) in [7, 11) is 0. The van der Waals surface area contributed by atoms with Gasteiger partial charge >= 0.3 is 0 Å². The second-order valence-electron chi connectivity index (χ2n) is 5.00. The quantitative estimate of drug-likeness (QED) is 0.707. The summed E-state index contributed by atoms with van der Waals surface area (Å²) in [5, 5.41) is 2.94. The lowest BCUT2D eigenvalue weighted by Crippen LogP contribution is -2.39. The van der Waals surface area contributed by atoms with Crippen molar-refractivity contribution in [2.45, 2.75) is 40.5 Å². The summed E-state index contributed by atoms with van der Waals surface area (Å²) in [6, 6.07) is 0. The van der Waals surface area contributed by atoms with Gasteiger partial charge in [-0.3, -0.25) is 4.79 Å². The van der Waals surface area contributed by atoms with Gasteiger partial charge in [-0.1, -0.05) is 34.1 Å². The van der Waals surface area contributed by atoms with Gasteiger partial charge in [-0.05, 0) is 11.8 Å². The van der Waals surface area contributed by atoms with Gasteiger partial charge in [0.25, 0.3) is 0 Å². The van der Waals surface area contributed by atoms with Crippen LogP contribution < -0.4 is 11.1 Å². The summed E-state index contributed by atoms with van der Waals surface area (Å²) in [6.45, 7) is 9.54. The molecule has 0 saturated carbocycles. The molecule has 0 heterocycles. The average molecular weight is 200 g/mol. The van der Waals surface area contributed by atoms with E-state index in [0.29, 0.717) is 13.1 Å². The van der Waals surface area contributed by atoms with E-state index in [-0.39, 0.29) is 17.2 Å². The van der Waals surface area contributed by atoms with E-state index in [0.717, 1.165) is 12.8 Å². The molecule has 0 aliphatic rings. The summed E-state index contributed by atoms with van der Waals surface area (Å²) >= 11 is 0. The van der Waals surface area contributed by atoms with Crippen LogP contribution in [0.25, 0.3) is 0 Å². The van der Waals surface area contributed by atoms with Crippen LogP contribution in [0.5, 0.6) is 0 Å². The normalized spacial score (nSPS) is 13.8. The van der Waals surface area contributed by atoms with Crippen molar-refractivity contribution in [2.75, 3.05) is 13.1 Å². The fraction of sp³-hybridized carbons (Fsp3) is 0.909. The van der Waals surface area contributed by atoms with Crippen LogP contribution >= 0.6 is 0 Å². The van der Waals surface area contributed by atoms with E-state index in [1.165, 1.54) is 0 Å². The van der Waals surface area contributed by atoms with Crippen LogP contribution in [0.2, 0.25) is 0 Å². The molecule has 0 aromatic heterocycles. The maximum atomic E-state index is 11.6. The van der Waals surface area contributed by atoms with Crippen LogP contribution in [0.1, 0.15) is 40.5 Å². The monoisotopic (exact) mass is 200 g/mol. The Morgan fingerprint density at radius 2 is 2.00 bits per heavy atom. The molecular weight excluding hydrogens is 176 g/mol. The minimum absolute atomic E-state index is 0.0117. The van der Waals surface area contributed by atoms with E-state index in [4.69, 9.17) is 5.73 Å². The zero-order valence-corrected chi connectivity index (χ0v) is 9.89. The molecule has 0 aromatic carbocycles. The molecule has 3 nitrogen and oxygen atoms in total. The fourth-order valence-corrected chi connectivity index (χ4v) is 1.20. The Labute approximate surface area is 87.4 Å². The van der Waals surface area contributed by atoms with Gasteiger partial charge in [0, 0.05) is 13.1 Å². The van der Waals surface area contributed by atoms with Crippen LogP contribution in [0.15, 0.2) is 0 Å². The van der Waals surface area contributed by atoms with Crippen molar-refractivity contribution in [1.82, 2.24) is 5.32 Å². The molecule has 1 atom stereocenters. The van der Waals surface area contributed by atoms with Crippen molar-refractivity contribution in [3.05, 3.63) is 0 Å². The van der Waals surface area contributed by atoms with Crippen LogP contribution in [0.4, 0.5) is 0 Å². The highest BCUT2D eigenvalue weighted by Crippen LogP contribution is 2.11. The van der Waals surface area contributed by atoms with Gasteiger partial charge in [0.2, 0.25) is 5.91 Å². The van der Waals surface area contributed by atoms with Crippen molar-refractivity contribution >= 4 is 5.91 Å². The second kappa shape index (κ2) is 6.02. The first-order chi connectivity index (χ1) is 6.40. The van der Waals surface area contributed by atoms with Crippen molar-refractivity contribution in [3.63, 3.8) is 0 Å². The molecule has 0 aliphatic carbocycles. The van der Waals surface area contributed by atoms with Gasteiger partial charge in [0.15, 0.2) is 0 Å². The van der Waals surface area contributed by atoms with Gasteiger partial charge in [0.05, 0.1) is 5.92 Å². The van der Waals surface area contributed by atoms with Crippen molar-refractivity contribution < 1.29 is 4.79 Å². The van der Waals surface area contributed by atoms with Gasteiger partial charge in [-0.2, -0.15) is 0 Å². The predicted octanol–water partition coefficient (Wildman–Crippen LogP) is 1.52. The number of rotatable bonds is 5. The van der Waals surface area contributed by atoms with E-state index in [1.807, 2.05) is 0 Å². The van der Waals surface area contributed by atoms with Crippen molar-refractivity contribution in [2.24, 2.45) is 17.1 Å². The summed E-state index contributed by atoms with van der Waals surface area (Å²) in [5.41, 5.74) is 5.68. The van der Waals surface area contributed by atoms with Crippen LogP contribution in [-0.2, 0) is 4.79 Å². The molecule has 3 N–H and O–H groups in total. The maximum absolute atomic E-state index is 11.6. The molecule has 0 aliphatic heterocycles. The zero-order valence-electron chi connectivity index (χ0n) is 9.89. The van der Waals surface area contributed by atoms with Gasteiger partial charge < -0.3 is 11.1 Å². The summed E-state index contributed by atoms with van der Waals surface area (Å²) in [6.07, 6.45) is 1.89. The van der Waals surface area contributed by atoms with Gasteiger partial charge in [-0.25, -0.2) is 0 Å². The molecule has 84 valence electrons. The molecular formula is C11H24N2O. The third-order valence-corrected chi connectivity index (χ3v) is 2.09. The van der Waals surface area contributed by atoms with Gasteiger partial charge in [-0.15, -0.1) is 0 Å². The Bertz CT molecular complexity index is 173. The summed E-state index contributed by atoms with van der Waals surface area (Å²) in [5.74, 6) is 0.0895. The lowest BCUT2D eigenvalue weighted by Gasteiger charge is -2.21. The fourth-order valence-electron chi connectivity index (χ4n) is 1.20. The van der Waals surface area contributed by atoms with Crippen LogP contribution in [-0.4, -0.2) is 19.0 Å². The standard InChI is InChI=1S/C11H24N2O/c1-5-6-9(7-12)10(14)13-8-11(2,3)4/h9H,5-8,12H2,1-4H3,(H,13,14). The lowest BCUT2D eigenvalue weighted by atomic mass is 9.96. The molecule has 0 bridgehead atoms. The predicted molar refractivity (Wildman–Crippen MR) is 59.9 cm³/mol. The largest absolute Gasteiger partial charge is 0.355 e. The number of hydrogen-bond donors (Lipinski definition) is 2. The highest BCUT2D eigenvalue weighted by atomic mass is 16.1. The maximum Gasteiger partial charge on any atom is 0.224 e. The van der Waals surface area contributed by atoms with Crippen LogP contribution in [0.3, 0.4) is 0 Å². The zero-order chi connectivity index (χ0) is 11.2. The molecule has 0 rings (SSSR count). The third-order valence-electron chi connectivity index (χ3n) is 2.09. The van der Waals surface area contributed by atoms with E-state index in [2.05, 4.69) is 33.0 Å². The first-order valence-corrected chi connectivity index (χ1v) is 5.38. The SMILES string of the molecule is CCCC(CN)C(=O)NCC(C)(C)C. The minimum atomic E-state index is -0.0117. The smallest absolute Gasteiger partial charge is 0.224 e. The minimum Gasteiger partial charge on any atom is -0.355 e. The Morgan fingerprint density at radius 3 is 2.36 bits per heavy atom. The number of amides is 1. The average Bonchev–Trinajstić information content (AvgIpc) is 2.09. The Kier molecular flexibility index (Phi) is 5.77. The lowest BCUT2D eigenvalue weighted by molar-refractivity contribution is -0.125. The summed E-state index contributed by atoms with van der Waals surface area (Å²) < 4.78 is 0. The molecule has 0 saturated heterocycles. The molecule has 1 unspecified atom stereocenters. The Morgan fingerprint density at radius 1 is 1.43 bits per heavy atom. The molecule has 3 heteroatoms. The molecule has 0 aromatic rings. The topological polar surface area (TPSA) is 55.1 Å². The van der Waals surface area contributed by atoms with E-state index in [1.54, 1.807) is 0 Å². The molecule has 0 fully saturated rings. The molecule has 0 radical (unpaired) electrons. The van der Waals surface area contributed by atoms with Crippen LogP contribution in [0, 0.1) is 11.3 Å². The van der Waals surface area contributed by atoms with E-state index < -0.39 is 0 Å². The first-order valence-electron chi connectivity index (χ1n) is 5.38. The first kappa shape index (κ1) is 13.4. The highest BCUT2D eigenvalue weighted by Gasteiger charge is 2.18. The molecule has 14 heavy (non-hydrogen) atoms. The Hall–Kier alpha value is -0.570. The highest BCUT2D eigenvalue weighted by molar-refractivity contribution is 5.78. The number of hydrogen-bond acceptors (Lipinski definition) is 2. The van der Waals surface area contributed by atoms with Gasteiger partial charge in [0.1, 0.15) is 0 Å². The third kappa shape index (κ3) is 5.97. The van der Waals surface area contributed by atoms with Crippen molar-refractivity contribution in [1.29, 1.82) is 0 Å². The molecule has 1 amide bonds. The number of nitrogens with one attached hydrogen (secondary N) is 1.